The molecule has 4 rings (SSSR count). The molecule has 3 nitrogen and oxygen atoms in total. The summed E-state index contributed by atoms with van der Waals surface area (Å²) in [5.41, 5.74) is 0.179. The van der Waals surface area contributed by atoms with Crippen LogP contribution < -0.4 is 4.90 Å². The van der Waals surface area contributed by atoms with Crippen LogP contribution in [-0.4, -0.2) is 10.2 Å². The Kier molecular flexibility index (Phi) is 5.61. The topological polar surface area (TPSA) is 33.5 Å². The van der Waals surface area contributed by atoms with E-state index in [-0.39, 0.29) is 11.7 Å². The number of carbonyl (C=O) groups is 1. The number of amides is 1. The Balaban J connectivity index is 1.61. The number of anilines is 1. The number of thioether (sulfide) groups is 1. The number of furan rings is 1. The van der Waals surface area contributed by atoms with E-state index in [9.17, 15) is 18.0 Å². The van der Waals surface area contributed by atoms with Crippen LogP contribution in [0.1, 0.15) is 11.3 Å². The van der Waals surface area contributed by atoms with Crippen LogP contribution in [0, 0.1) is 0 Å². The molecule has 0 radical (unpaired) electrons. The van der Waals surface area contributed by atoms with Crippen molar-refractivity contribution in [3.63, 3.8) is 0 Å². The van der Waals surface area contributed by atoms with Gasteiger partial charge >= 0.3 is 6.18 Å². The second-order valence-corrected chi connectivity index (χ2v) is 8.87. The van der Waals surface area contributed by atoms with Gasteiger partial charge in [0, 0.05) is 16.1 Å². The molecule has 9 heteroatoms. The Morgan fingerprint density at radius 3 is 2.57 bits per heavy atom. The number of alkyl halides is 3. The number of halogens is 4. The Morgan fingerprint density at radius 1 is 1.07 bits per heavy atom. The summed E-state index contributed by atoms with van der Waals surface area (Å²) < 4.78 is 45.7. The van der Waals surface area contributed by atoms with Gasteiger partial charge in [0.05, 0.1) is 16.2 Å². The first-order valence-corrected chi connectivity index (χ1v) is 10.6. The van der Waals surface area contributed by atoms with Crippen LogP contribution >= 0.6 is 39.9 Å². The lowest BCUT2D eigenvalue weighted by Crippen LogP contribution is -2.27. The highest BCUT2D eigenvalue weighted by Gasteiger charge is 2.34. The fraction of sp³-hybridized carbons (Fsp3) is 0.0476. The number of nitrogens with zero attached hydrogens (tertiary/aromatic N) is 1. The highest BCUT2D eigenvalue weighted by Crippen LogP contribution is 2.38. The maximum Gasteiger partial charge on any atom is 0.416 e. The van der Waals surface area contributed by atoms with Crippen molar-refractivity contribution in [3.8, 4) is 11.3 Å². The molecule has 1 fully saturated rings. The molecule has 2 aromatic carbocycles. The van der Waals surface area contributed by atoms with Gasteiger partial charge in [0.2, 0.25) is 0 Å². The van der Waals surface area contributed by atoms with Gasteiger partial charge in [0.15, 0.2) is 4.32 Å². The van der Waals surface area contributed by atoms with E-state index in [1.54, 1.807) is 30.3 Å². The summed E-state index contributed by atoms with van der Waals surface area (Å²) in [6.07, 6.45) is -2.90. The van der Waals surface area contributed by atoms with Crippen LogP contribution in [0.25, 0.3) is 17.4 Å². The molecule has 2 heterocycles. The summed E-state index contributed by atoms with van der Waals surface area (Å²) in [5.74, 6) is 0.326. The largest absolute Gasteiger partial charge is 0.457 e. The van der Waals surface area contributed by atoms with Crippen LogP contribution in [0.4, 0.5) is 18.9 Å². The molecule has 1 aliphatic rings. The number of hydrogen-bond donors (Lipinski definition) is 0. The van der Waals surface area contributed by atoms with Gasteiger partial charge in [-0.15, -0.1) is 0 Å². The van der Waals surface area contributed by atoms with Crippen LogP contribution in [0.3, 0.4) is 0 Å². The van der Waals surface area contributed by atoms with Gasteiger partial charge < -0.3 is 4.42 Å². The van der Waals surface area contributed by atoms with Crippen molar-refractivity contribution < 1.29 is 22.4 Å². The van der Waals surface area contributed by atoms with E-state index < -0.39 is 11.7 Å². The predicted octanol–water partition coefficient (Wildman–Crippen LogP) is 7.13. The average Bonchev–Trinajstić information content (AvgIpc) is 3.26. The first-order valence-electron chi connectivity index (χ1n) is 8.53. The lowest BCUT2D eigenvalue weighted by Gasteiger charge is -2.14. The third-order valence-corrected chi connectivity index (χ3v) is 6.03. The molecule has 0 saturated carbocycles. The molecule has 0 bridgehead atoms. The van der Waals surface area contributed by atoms with Crippen LogP contribution in [0.15, 0.2) is 74.5 Å². The van der Waals surface area contributed by atoms with E-state index in [0.717, 1.165) is 28.4 Å². The fourth-order valence-electron chi connectivity index (χ4n) is 2.87. The van der Waals surface area contributed by atoms with E-state index in [1.165, 1.54) is 23.1 Å². The Morgan fingerprint density at radius 2 is 1.83 bits per heavy atom. The number of rotatable bonds is 3. The van der Waals surface area contributed by atoms with Crippen molar-refractivity contribution in [3.05, 3.63) is 81.4 Å². The highest BCUT2D eigenvalue weighted by molar-refractivity contribution is 9.10. The van der Waals surface area contributed by atoms with Gasteiger partial charge in [-0.2, -0.15) is 13.2 Å². The van der Waals surface area contributed by atoms with E-state index in [4.69, 9.17) is 16.6 Å². The molecule has 1 amide bonds. The molecule has 0 atom stereocenters. The van der Waals surface area contributed by atoms with Gasteiger partial charge in [-0.05, 0) is 42.5 Å². The molecule has 0 N–H and O–H groups in total. The Bertz CT molecular complexity index is 1190. The number of thiocarbonyl (C=S) groups is 1. The first kappa shape index (κ1) is 20.9. The van der Waals surface area contributed by atoms with Crippen molar-refractivity contribution in [2.45, 2.75) is 6.18 Å². The summed E-state index contributed by atoms with van der Waals surface area (Å²) >= 11 is 9.85. The number of hydrogen-bond acceptors (Lipinski definition) is 4. The zero-order chi connectivity index (χ0) is 21.5. The number of benzene rings is 2. The third-order valence-electron chi connectivity index (χ3n) is 4.23. The maximum absolute atomic E-state index is 12.9. The summed E-state index contributed by atoms with van der Waals surface area (Å²) in [4.78, 5) is 14.6. The molecule has 1 aliphatic heterocycles. The zero-order valence-electron chi connectivity index (χ0n) is 14.9. The molecule has 0 unspecified atom stereocenters. The quantitative estimate of drug-likeness (QED) is 0.277. The molecule has 3 aromatic rings. The Hall–Kier alpha value is -2.36. The van der Waals surface area contributed by atoms with Crippen molar-refractivity contribution in [1.29, 1.82) is 0 Å². The van der Waals surface area contributed by atoms with Crippen molar-refractivity contribution in [2.75, 3.05) is 4.90 Å². The lowest BCUT2D eigenvalue weighted by molar-refractivity contribution is -0.137. The van der Waals surface area contributed by atoms with Gasteiger partial charge in [0.1, 0.15) is 11.5 Å². The fourth-order valence-corrected chi connectivity index (χ4v) is 4.54. The summed E-state index contributed by atoms with van der Waals surface area (Å²) in [6, 6.07) is 15.2. The van der Waals surface area contributed by atoms with Crippen LogP contribution in [-0.2, 0) is 11.0 Å². The molecular weight excluding hydrogens is 499 g/mol. The molecule has 1 aromatic heterocycles. The van der Waals surface area contributed by atoms with Crippen molar-refractivity contribution >= 4 is 61.9 Å². The monoisotopic (exact) mass is 509 g/mol. The van der Waals surface area contributed by atoms with Crippen molar-refractivity contribution in [1.82, 2.24) is 0 Å². The minimum absolute atomic E-state index is 0.273. The van der Waals surface area contributed by atoms with Crippen LogP contribution in [0.5, 0.6) is 0 Å². The van der Waals surface area contributed by atoms with Crippen molar-refractivity contribution in [2.24, 2.45) is 0 Å². The summed E-state index contributed by atoms with van der Waals surface area (Å²) in [7, 11) is 0. The maximum atomic E-state index is 12.9. The molecule has 0 spiro atoms. The van der Waals surface area contributed by atoms with E-state index in [2.05, 4.69) is 15.9 Å². The minimum atomic E-state index is -4.44. The highest BCUT2D eigenvalue weighted by atomic mass is 79.9. The molecule has 0 aliphatic carbocycles. The van der Waals surface area contributed by atoms with Crippen LogP contribution in [0.2, 0.25) is 0 Å². The molecule has 1 saturated heterocycles. The summed E-state index contributed by atoms with van der Waals surface area (Å²) in [6.45, 7) is 0. The minimum Gasteiger partial charge on any atom is -0.457 e. The second kappa shape index (κ2) is 8.05. The normalized spacial score (nSPS) is 16.0. The van der Waals surface area contributed by atoms with Gasteiger partial charge in [0.25, 0.3) is 5.91 Å². The predicted molar refractivity (Wildman–Crippen MR) is 119 cm³/mol. The molecule has 152 valence electrons. The molecule has 30 heavy (non-hydrogen) atoms. The number of carbonyl (C=O) groups excluding carboxylic acids is 1. The summed E-state index contributed by atoms with van der Waals surface area (Å²) in [5, 5.41) is 0. The SMILES string of the molecule is O=C1/C(=C\c2ccc(-c3cccc(C(F)(F)F)c3)o2)SC(=S)N1c1cccc(Br)c1. The van der Waals surface area contributed by atoms with Gasteiger partial charge in [-0.25, -0.2) is 0 Å². The third kappa shape index (κ3) is 4.23. The smallest absolute Gasteiger partial charge is 0.416 e. The average molecular weight is 510 g/mol. The molecular formula is C21H11BrF3NO2S2. The second-order valence-electron chi connectivity index (χ2n) is 6.28. The Labute approximate surface area is 187 Å². The van der Waals surface area contributed by atoms with E-state index in [1.807, 2.05) is 6.07 Å². The lowest BCUT2D eigenvalue weighted by atomic mass is 10.1. The standard InChI is InChI=1S/C21H11BrF3NO2S2/c22-14-5-2-6-15(10-14)26-19(27)18(30-20(26)29)11-16-7-8-17(28-16)12-3-1-4-13(9-12)21(23,24)25/h1-11H/b18-11+. The zero-order valence-corrected chi connectivity index (χ0v) is 18.2. The first-order chi connectivity index (χ1) is 14.2. The van der Waals surface area contributed by atoms with Gasteiger partial charge in [-0.3, -0.25) is 9.69 Å². The van der Waals surface area contributed by atoms with E-state index >= 15 is 0 Å². The van der Waals surface area contributed by atoms with Gasteiger partial charge in [-0.1, -0.05) is 58.1 Å². The van der Waals surface area contributed by atoms with E-state index in [0.29, 0.717) is 26.2 Å².